The molecule has 4 heteroatoms. The Morgan fingerprint density at radius 1 is 1.00 bits per heavy atom. The Morgan fingerprint density at radius 3 is 2.50 bits per heavy atom. The zero-order valence-electron chi connectivity index (χ0n) is 11.8. The molecule has 0 aliphatic heterocycles. The number of carbonyl (C=O) groups is 2. The van der Waals surface area contributed by atoms with Crippen molar-refractivity contribution in [2.24, 2.45) is 0 Å². The van der Waals surface area contributed by atoms with E-state index in [-0.39, 0.29) is 0 Å². The third-order valence-electron chi connectivity index (χ3n) is 4.69. The molecule has 1 aromatic rings. The van der Waals surface area contributed by atoms with Gasteiger partial charge in [0.05, 0.1) is 5.56 Å². The van der Waals surface area contributed by atoms with Crippen molar-refractivity contribution in [3.05, 3.63) is 63.3 Å². The van der Waals surface area contributed by atoms with E-state index in [0.29, 0.717) is 24.0 Å². The van der Waals surface area contributed by atoms with E-state index in [0.717, 1.165) is 40.7 Å². The number of hydrogen-bond acceptors (Lipinski definition) is 2. The molecule has 22 heavy (non-hydrogen) atoms. The predicted molar refractivity (Wildman–Crippen MR) is 80.8 cm³/mol. The Labute approximate surface area is 127 Å². The summed E-state index contributed by atoms with van der Waals surface area (Å²) in [6, 6.07) is 3.52. The van der Waals surface area contributed by atoms with Gasteiger partial charge in [0, 0.05) is 12.0 Å². The van der Waals surface area contributed by atoms with E-state index < -0.39 is 11.9 Å². The van der Waals surface area contributed by atoms with Crippen LogP contribution < -0.4 is 0 Å². The summed E-state index contributed by atoms with van der Waals surface area (Å²) >= 11 is 0. The van der Waals surface area contributed by atoms with Gasteiger partial charge in [0.2, 0.25) is 0 Å². The molecule has 110 valence electrons. The second-order valence-corrected chi connectivity index (χ2v) is 5.97. The third-order valence-corrected chi connectivity index (χ3v) is 4.69. The lowest BCUT2D eigenvalue weighted by Crippen LogP contribution is -2.18. The molecule has 0 saturated carbocycles. The molecule has 0 atom stereocenters. The average molecular weight is 294 g/mol. The number of allylic oxidation sites excluding steroid dienone is 5. The molecule has 2 N–H and O–H groups in total. The highest BCUT2D eigenvalue weighted by molar-refractivity contribution is 5.98. The van der Waals surface area contributed by atoms with E-state index in [4.69, 9.17) is 0 Å². The summed E-state index contributed by atoms with van der Waals surface area (Å²) in [5.41, 5.74) is 7.34. The predicted octanol–water partition coefficient (Wildman–Crippen LogP) is 2.98. The summed E-state index contributed by atoms with van der Waals surface area (Å²) < 4.78 is 0. The smallest absolute Gasteiger partial charge is 0.335 e. The van der Waals surface area contributed by atoms with E-state index in [1.54, 1.807) is 18.2 Å². The van der Waals surface area contributed by atoms with E-state index in [1.165, 1.54) is 5.57 Å². The Hall–Kier alpha value is -2.62. The van der Waals surface area contributed by atoms with Gasteiger partial charge in [0.1, 0.15) is 0 Å². The summed E-state index contributed by atoms with van der Waals surface area (Å²) in [6.07, 6.45) is 6.50. The first-order valence-corrected chi connectivity index (χ1v) is 7.30. The van der Waals surface area contributed by atoms with Crippen molar-refractivity contribution in [1.29, 1.82) is 0 Å². The van der Waals surface area contributed by atoms with Gasteiger partial charge in [-0.3, -0.25) is 0 Å². The maximum absolute atomic E-state index is 11.3. The van der Waals surface area contributed by atoms with Crippen LogP contribution in [0.2, 0.25) is 0 Å². The summed E-state index contributed by atoms with van der Waals surface area (Å²) in [4.78, 5) is 22.6. The van der Waals surface area contributed by atoms with Crippen LogP contribution in [-0.2, 0) is 17.6 Å². The van der Waals surface area contributed by atoms with Crippen LogP contribution >= 0.6 is 0 Å². The molecule has 4 nitrogen and oxygen atoms in total. The molecule has 0 spiro atoms. The Balaban J connectivity index is 1.92. The number of rotatable bonds is 2. The van der Waals surface area contributed by atoms with Crippen molar-refractivity contribution in [2.45, 2.75) is 25.7 Å². The summed E-state index contributed by atoms with van der Waals surface area (Å²) in [6.45, 7) is 0. The van der Waals surface area contributed by atoms with Crippen molar-refractivity contribution in [3.8, 4) is 0 Å². The van der Waals surface area contributed by atoms with Gasteiger partial charge in [-0.25, -0.2) is 9.59 Å². The lowest BCUT2D eigenvalue weighted by atomic mass is 9.71. The number of carboxylic acids is 2. The molecule has 0 heterocycles. The SMILES string of the molecule is O=C(O)C1=CC2=CCc3cc(C(=O)O)cc4c3C2=C(CC4)C1. The molecule has 0 radical (unpaired) electrons. The maximum atomic E-state index is 11.3. The number of aromatic carboxylic acids is 1. The molecular formula is C18H14O4. The van der Waals surface area contributed by atoms with Gasteiger partial charge in [-0.2, -0.15) is 0 Å². The van der Waals surface area contributed by atoms with Gasteiger partial charge in [-0.15, -0.1) is 0 Å². The zero-order chi connectivity index (χ0) is 15.4. The number of carboxylic acid groups (broad SMARTS) is 2. The molecule has 0 unspecified atom stereocenters. The second kappa shape index (κ2) is 4.44. The van der Waals surface area contributed by atoms with Crippen LogP contribution in [0, 0.1) is 0 Å². The van der Waals surface area contributed by atoms with E-state index >= 15 is 0 Å². The fourth-order valence-corrected chi connectivity index (χ4v) is 3.74. The van der Waals surface area contributed by atoms with E-state index in [1.807, 2.05) is 6.08 Å². The molecule has 1 aromatic carbocycles. The van der Waals surface area contributed by atoms with Crippen LogP contribution in [0.3, 0.4) is 0 Å². The minimum atomic E-state index is -0.898. The first-order valence-electron chi connectivity index (χ1n) is 7.30. The number of hydrogen-bond donors (Lipinski definition) is 2. The fraction of sp³-hybridized carbons (Fsp3) is 0.222. The minimum Gasteiger partial charge on any atom is -0.478 e. The minimum absolute atomic E-state index is 0.340. The summed E-state index contributed by atoms with van der Waals surface area (Å²) in [5.74, 6) is -1.75. The summed E-state index contributed by atoms with van der Waals surface area (Å²) in [7, 11) is 0. The molecule has 0 aromatic heterocycles. The topological polar surface area (TPSA) is 74.6 Å². The first kappa shape index (κ1) is 13.1. The second-order valence-electron chi connectivity index (χ2n) is 5.97. The Bertz CT molecular complexity index is 837. The average Bonchev–Trinajstić information content (AvgIpc) is 2.51. The van der Waals surface area contributed by atoms with E-state index in [2.05, 4.69) is 0 Å². The quantitative estimate of drug-likeness (QED) is 0.879. The number of aryl methyl sites for hydroxylation is 1. The lowest BCUT2D eigenvalue weighted by molar-refractivity contribution is -0.132. The molecular weight excluding hydrogens is 280 g/mol. The third kappa shape index (κ3) is 1.77. The van der Waals surface area contributed by atoms with Gasteiger partial charge in [0.25, 0.3) is 0 Å². The van der Waals surface area contributed by atoms with Crippen molar-refractivity contribution >= 4 is 17.5 Å². The lowest BCUT2D eigenvalue weighted by Gasteiger charge is -2.32. The number of benzene rings is 1. The van der Waals surface area contributed by atoms with Crippen molar-refractivity contribution in [3.63, 3.8) is 0 Å². The molecule has 3 aliphatic rings. The highest BCUT2D eigenvalue weighted by Crippen LogP contribution is 2.46. The van der Waals surface area contributed by atoms with Crippen LogP contribution in [0.25, 0.3) is 5.57 Å². The highest BCUT2D eigenvalue weighted by Gasteiger charge is 2.31. The van der Waals surface area contributed by atoms with Crippen molar-refractivity contribution in [2.75, 3.05) is 0 Å². The van der Waals surface area contributed by atoms with Crippen LogP contribution in [0.15, 0.2) is 41.0 Å². The number of aliphatic carboxylic acids is 1. The van der Waals surface area contributed by atoms with Gasteiger partial charge < -0.3 is 10.2 Å². The van der Waals surface area contributed by atoms with Gasteiger partial charge >= 0.3 is 11.9 Å². The Kier molecular flexibility index (Phi) is 2.64. The van der Waals surface area contributed by atoms with Gasteiger partial charge in [0.15, 0.2) is 0 Å². The molecule has 3 aliphatic carbocycles. The van der Waals surface area contributed by atoms with Crippen LogP contribution in [0.5, 0.6) is 0 Å². The normalized spacial score (nSPS) is 18.4. The van der Waals surface area contributed by atoms with Crippen LogP contribution in [-0.4, -0.2) is 22.2 Å². The van der Waals surface area contributed by atoms with E-state index in [9.17, 15) is 19.8 Å². The monoisotopic (exact) mass is 294 g/mol. The standard InChI is InChI=1S/C18H14O4/c19-17(20)13-5-9-1-2-10-6-14(18(21)22)8-12-4-3-11(7-13)15(9)16(10)12/h1,5-6,8H,2-4,7H2,(H,19,20)(H,21,22). The first-order chi connectivity index (χ1) is 10.5. The zero-order valence-corrected chi connectivity index (χ0v) is 11.8. The van der Waals surface area contributed by atoms with Crippen molar-refractivity contribution in [1.82, 2.24) is 0 Å². The fourth-order valence-electron chi connectivity index (χ4n) is 3.74. The highest BCUT2D eigenvalue weighted by atomic mass is 16.4. The Morgan fingerprint density at radius 2 is 1.77 bits per heavy atom. The molecule has 0 saturated heterocycles. The molecule has 0 fully saturated rings. The molecule has 0 amide bonds. The molecule has 4 rings (SSSR count). The van der Waals surface area contributed by atoms with Crippen LogP contribution in [0.4, 0.5) is 0 Å². The molecule has 0 bridgehead atoms. The maximum Gasteiger partial charge on any atom is 0.335 e. The summed E-state index contributed by atoms with van der Waals surface area (Å²) in [5, 5.41) is 18.5. The van der Waals surface area contributed by atoms with Crippen LogP contribution in [0.1, 0.15) is 39.9 Å². The van der Waals surface area contributed by atoms with Gasteiger partial charge in [-0.1, -0.05) is 11.6 Å². The van der Waals surface area contributed by atoms with Crippen molar-refractivity contribution < 1.29 is 19.8 Å². The van der Waals surface area contributed by atoms with Gasteiger partial charge in [-0.05, 0) is 65.3 Å². The largest absolute Gasteiger partial charge is 0.478 e.